The lowest BCUT2D eigenvalue weighted by Crippen LogP contribution is -2.41. The Bertz CT molecular complexity index is 2600. The summed E-state index contributed by atoms with van der Waals surface area (Å²) in [7, 11) is 5.10. The number of amides is 2. The van der Waals surface area contributed by atoms with E-state index in [1.807, 2.05) is 85.0 Å². The van der Waals surface area contributed by atoms with Crippen LogP contribution in [0, 0.1) is 0 Å². The number of phenols is 2. The fourth-order valence-corrected chi connectivity index (χ4v) is 8.85. The molecule has 1 atom stereocenters. The summed E-state index contributed by atoms with van der Waals surface area (Å²) in [5.41, 5.74) is 7.09. The van der Waals surface area contributed by atoms with E-state index in [1.54, 1.807) is 18.1 Å². The van der Waals surface area contributed by atoms with Crippen LogP contribution < -0.4 is 10.1 Å². The van der Waals surface area contributed by atoms with Crippen LogP contribution in [0.4, 0.5) is 0 Å². The van der Waals surface area contributed by atoms with E-state index in [2.05, 4.69) is 32.8 Å². The predicted molar refractivity (Wildman–Crippen MR) is 267 cm³/mol. The van der Waals surface area contributed by atoms with Crippen molar-refractivity contribution < 1.29 is 53.1 Å². The maximum Gasteiger partial charge on any atom is 0.293 e. The summed E-state index contributed by atoms with van der Waals surface area (Å²) in [5.74, 6) is 0.0631. The highest BCUT2D eigenvalue weighted by atomic mass is 16.5. The number of aldehydes is 2. The molecule has 3 heterocycles. The molecule has 70 heavy (non-hydrogen) atoms. The van der Waals surface area contributed by atoms with E-state index < -0.39 is 5.60 Å². The minimum Gasteiger partial charge on any atom is -0.508 e. The molecule has 16 heteroatoms. The van der Waals surface area contributed by atoms with E-state index >= 15 is 0 Å². The number of aryl methyl sites for hydroxylation is 1. The third kappa shape index (κ3) is 12.8. The number of nitrogens with one attached hydrogen (secondary N) is 1. The molecule has 0 aliphatic carbocycles. The molecular formula is C54H69N5O11. The number of aromatic nitrogens is 1. The minimum atomic E-state index is -1.51. The number of benzene rings is 3. The van der Waals surface area contributed by atoms with E-state index in [-0.39, 0.29) is 59.7 Å². The quantitative estimate of drug-likeness (QED) is 0.0414. The van der Waals surface area contributed by atoms with Crippen LogP contribution in [0.5, 0.6) is 17.2 Å². The van der Waals surface area contributed by atoms with Gasteiger partial charge in [-0.15, -0.1) is 0 Å². The summed E-state index contributed by atoms with van der Waals surface area (Å²) in [5, 5.41) is 24.7. The van der Waals surface area contributed by atoms with Crippen molar-refractivity contribution >= 4 is 48.0 Å². The summed E-state index contributed by atoms with van der Waals surface area (Å²) in [6.07, 6.45) is 4.98. The summed E-state index contributed by atoms with van der Waals surface area (Å²) in [4.78, 5) is 71.6. The second kappa shape index (κ2) is 24.3. The van der Waals surface area contributed by atoms with Crippen molar-refractivity contribution in [1.82, 2.24) is 25.0 Å². The zero-order valence-corrected chi connectivity index (χ0v) is 42.2. The van der Waals surface area contributed by atoms with Gasteiger partial charge >= 0.3 is 0 Å². The number of methoxy groups -OCH3 is 2. The maximum atomic E-state index is 13.6. The number of carbonyl (C=O) groups is 5. The molecule has 16 nitrogen and oxygen atoms in total. The van der Waals surface area contributed by atoms with Crippen molar-refractivity contribution in [3.8, 4) is 17.2 Å². The Labute approximate surface area is 411 Å². The Hall–Kier alpha value is -6.62. The molecule has 0 radical (unpaired) electrons. The number of rotatable bonds is 22. The second-order valence-corrected chi connectivity index (χ2v) is 18.8. The zero-order chi connectivity index (χ0) is 51.3. The van der Waals surface area contributed by atoms with Gasteiger partial charge in [0.2, 0.25) is 6.41 Å². The molecule has 0 fully saturated rings. The molecule has 6 rings (SSSR count). The van der Waals surface area contributed by atoms with Crippen LogP contribution in [0.3, 0.4) is 0 Å². The Morgan fingerprint density at radius 2 is 1.69 bits per heavy atom. The maximum absolute atomic E-state index is 13.6. The number of phenolic OH excluding ortho intramolecular Hbond substituents is 2. The normalized spacial score (nSPS) is 14.9. The lowest BCUT2D eigenvalue weighted by Gasteiger charge is -2.32. The standard InChI is InChI=1S/C49H59N5O9.C5H10O2/c1-8-37-39-19-36(62-7)12-13-43(39)51-47-41(37)26-52(5)44(47)21-42(35(27-55)28-61-6)49(9-2,29-56)63-17-16-53(15-14-50-30-57)23-32-10-11-33-24-54(25-34(33)18-32)48(60)40-20-38(31(3)4)45(58)22-46(40)59;1-5(2,3)7-4-6/h10-13,18-22,27,29-31,58-59H,8-9,14-17,23-26,28H2,1-7H3,(H,50,57);4H,1-3H3/b42-35-,44-21-;. The van der Waals surface area contributed by atoms with Crippen LogP contribution in [0.2, 0.25) is 0 Å². The van der Waals surface area contributed by atoms with Crippen LogP contribution in [0.25, 0.3) is 16.6 Å². The predicted octanol–water partition coefficient (Wildman–Crippen LogP) is 7.00. The third-order valence-electron chi connectivity index (χ3n) is 12.6. The van der Waals surface area contributed by atoms with Gasteiger partial charge in [0.05, 0.1) is 42.8 Å². The van der Waals surface area contributed by atoms with Gasteiger partial charge in [-0.1, -0.05) is 45.9 Å². The number of hydrogen-bond acceptors (Lipinski definition) is 14. The van der Waals surface area contributed by atoms with Gasteiger partial charge in [0.15, 0.2) is 6.29 Å². The molecule has 2 aliphatic heterocycles. The molecule has 2 aliphatic rings. The van der Waals surface area contributed by atoms with Gasteiger partial charge in [-0.3, -0.25) is 28.9 Å². The van der Waals surface area contributed by atoms with Crippen molar-refractivity contribution in [3.63, 3.8) is 0 Å². The fraction of sp³-hybridized carbons (Fsp3) is 0.444. The lowest BCUT2D eigenvalue weighted by atomic mass is 9.87. The molecule has 0 bridgehead atoms. The van der Waals surface area contributed by atoms with E-state index in [1.165, 1.54) is 13.2 Å². The van der Waals surface area contributed by atoms with Crippen molar-refractivity contribution in [2.75, 3.05) is 54.1 Å². The summed E-state index contributed by atoms with van der Waals surface area (Å²) in [6, 6.07) is 14.7. The Balaban J connectivity index is 0.00000121. The molecule has 1 unspecified atom stereocenters. The summed E-state index contributed by atoms with van der Waals surface area (Å²) >= 11 is 0. The van der Waals surface area contributed by atoms with Crippen LogP contribution in [-0.4, -0.2) is 127 Å². The van der Waals surface area contributed by atoms with Gasteiger partial charge in [0.25, 0.3) is 12.4 Å². The topological polar surface area (TPSA) is 197 Å². The molecule has 0 saturated carbocycles. The number of aromatic hydroxyl groups is 2. The smallest absolute Gasteiger partial charge is 0.293 e. The first-order valence-electron chi connectivity index (χ1n) is 23.6. The highest BCUT2D eigenvalue weighted by Gasteiger charge is 2.37. The van der Waals surface area contributed by atoms with Crippen molar-refractivity contribution in [1.29, 1.82) is 0 Å². The second-order valence-electron chi connectivity index (χ2n) is 18.8. The number of hydrogen-bond donors (Lipinski definition) is 3. The third-order valence-corrected chi connectivity index (χ3v) is 12.6. The van der Waals surface area contributed by atoms with Crippen molar-refractivity contribution in [3.05, 3.63) is 110 Å². The lowest BCUT2D eigenvalue weighted by molar-refractivity contribution is -0.138. The zero-order valence-electron chi connectivity index (χ0n) is 42.2. The SMILES string of the molecule is CC(C)(C)OC=O.CCc1c2c(nc3ccc(OC)cc13)/C(=C/C(=C(\C=O)COC)C(C=O)(CC)OCCN(CCNC=O)Cc1ccc3c(c1)CN(C(=O)c1cc(C(C)C)c(O)cc1O)C3)N(C)C2. The molecule has 3 N–H and O–H groups in total. The van der Waals surface area contributed by atoms with Gasteiger partial charge in [0.1, 0.15) is 34.7 Å². The van der Waals surface area contributed by atoms with Gasteiger partial charge in [-0.25, -0.2) is 4.98 Å². The molecule has 4 aromatic rings. The Morgan fingerprint density at radius 1 is 0.943 bits per heavy atom. The van der Waals surface area contributed by atoms with Crippen LogP contribution in [0.1, 0.15) is 110 Å². The van der Waals surface area contributed by atoms with Gasteiger partial charge in [-0.2, -0.15) is 0 Å². The molecule has 2 amide bonds. The average molecular weight is 964 g/mol. The molecule has 0 saturated heterocycles. The van der Waals surface area contributed by atoms with Gasteiger partial charge in [-0.05, 0) is 97.7 Å². The van der Waals surface area contributed by atoms with Gasteiger partial charge < -0.3 is 44.3 Å². The van der Waals surface area contributed by atoms with Crippen molar-refractivity contribution in [2.24, 2.45) is 0 Å². The molecule has 0 spiro atoms. The number of carbonyl (C=O) groups excluding carboxylic acids is 5. The minimum absolute atomic E-state index is 0.0385. The summed E-state index contributed by atoms with van der Waals surface area (Å²) in [6.45, 7) is 16.8. The van der Waals surface area contributed by atoms with E-state index in [9.17, 15) is 34.2 Å². The van der Waals surface area contributed by atoms with E-state index in [4.69, 9.17) is 19.2 Å². The Kier molecular flexibility index (Phi) is 18.8. The molecule has 3 aromatic carbocycles. The highest BCUT2D eigenvalue weighted by Crippen LogP contribution is 2.40. The number of pyridine rings is 1. The van der Waals surface area contributed by atoms with E-state index in [0.29, 0.717) is 69.8 Å². The fourth-order valence-electron chi connectivity index (χ4n) is 8.85. The van der Waals surface area contributed by atoms with Gasteiger partial charge in [0, 0.05) is 88.1 Å². The Morgan fingerprint density at radius 3 is 2.29 bits per heavy atom. The molecular weight excluding hydrogens is 895 g/mol. The monoisotopic (exact) mass is 963 g/mol. The van der Waals surface area contributed by atoms with Crippen molar-refractivity contribution in [2.45, 2.75) is 105 Å². The molecule has 1 aromatic heterocycles. The number of fused-ring (bicyclic) bond motifs is 3. The molecule has 376 valence electrons. The first kappa shape index (κ1) is 54.3. The van der Waals surface area contributed by atoms with E-state index in [0.717, 1.165) is 74.9 Å². The number of nitrogens with zero attached hydrogens (tertiary/aromatic N) is 4. The number of ether oxygens (including phenoxy) is 4. The first-order chi connectivity index (χ1) is 33.4. The van der Waals surface area contributed by atoms with Crippen LogP contribution >= 0.6 is 0 Å². The highest BCUT2D eigenvalue weighted by molar-refractivity contribution is 5.98. The average Bonchev–Trinajstić information content (AvgIpc) is 3.89. The summed E-state index contributed by atoms with van der Waals surface area (Å²) < 4.78 is 22.2. The first-order valence-corrected chi connectivity index (χ1v) is 23.6. The van der Waals surface area contributed by atoms with Crippen LogP contribution in [0.15, 0.2) is 65.8 Å². The van der Waals surface area contributed by atoms with Crippen LogP contribution in [-0.2, 0) is 66.0 Å². The largest absolute Gasteiger partial charge is 0.508 e.